The summed E-state index contributed by atoms with van der Waals surface area (Å²) in [5, 5.41) is 68.4. The number of hydrogen-bond donors (Lipinski definition) is 6. The van der Waals surface area contributed by atoms with Crippen molar-refractivity contribution in [2.75, 3.05) is 13.2 Å². The summed E-state index contributed by atoms with van der Waals surface area (Å²) >= 11 is 0. The lowest BCUT2D eigenvalue weighted by Gasteiger charge is -2.64. The lowest BCUT2D eigenvalue weighted by molar-refractivity contribution is -0.411. The zero-order valence-corrected chi connectivity index (χ0v) is 36.2. The Bertz CT molecular complexity index is 2150. The van der Waals surface area contributed by atoms with E-state index in [1.807, 2.05) is 20.8 Å². The molecule has 0 spiro atoms. The molecule has 0 aliphatic heterocycles. The number of aliphatic hydroxyl groups is 6. The van der Waals surface area contributed by atoms with Gasteiger partial charge in [0.15, 0.2) is 34.5 Å². The number of carbonyl (C=O) groups is 5. The van der Waals surface area contributed by atoms with Crippen LogP contribution < -0.4 is 0 Å². The molecule has 336 valence electrons. The molecule has 2 unspecified atom stereocenters. The molecular formula is C49H62O13. The first-order chi connectivity index (χ1) is 29.2. The van der Waals surface area contributed by atoms with E-state index in [4.69, 9.17) is 9.78 Å². The molecule has 0 bridgehead atoms. The van der Waals surface area contributed by atoms with Gasteiger partial charge < -0.3 is 30.6 Å². The van der Waals surface area contributed by atoms with Crippen LogP contribution in [0.15, 0.2) is 53.6 Å². The maximum Gasteiger partial charge on any atom is 0.199 e. The number of Topliss-reactive ketones (excluding diaryl/α,β-unsaturated/α-hetero) is 3. The second kappa shape index (κ2) is 14.6. The van der Waals surface area contributed by atoms with Gasteiger partial charge in [-0.15, -0.1) is 0 Å². The van der Waals surface area contributed by atoms with Crippen LogP contribution in [0.5, 0.6) is 0 Å². The minimum atomic E-state index is -2.06. The highest BCUT2D eigenvalue weighted by molar-refractivity contribution is 6.08. The fourth-order valence-electron chi connectivity index (χ4n) is 16.2. The van der Waals surface area contributed by atoms with Crippen LogP contribution in [-0.4, -0.2) is 108 Å². The van der Waals surface area contributed by atoms with Gasteiger partial charge in [-0.05, 0) is 106 Å². The van der Waals surface area contributed by atoms with Gasteiger partial charge in [-0.3, -0.25) is 24.0 Å². The molecule has 0 heterocycles. The van der Waals surface area contributed by atoms with Crippen LogP contribution in [-0.2, 0) is 29.0 Å². The standard InChI is InChI=1S/C49H62O13/c1-43-22-35(54)40-31(33(43)14-16-47(43,59)37(56)24-50)12-10-27-18-29(52)20-39(45(27,40)3)61-62-49(42(58)26-8-6-5-7-9-26)21-30(53)19-28-11-13-32-34-15-17-48(60,38(57)25-51)44(34,2)23-36(55)41(32)46(28,49)4/h5-9,18-19,31-36,39-41,50-51,54-55,59-60H,10-17,20-25H2,1-4H3/t31-,32-,33-,34-,35-,36-,39?,40+,41+,43-,44-,45+,46-,47-,48-,49?/m0/s1. The quantitative estimate of drug-likeness (QED) is 0.118. The number of aliphatic hydroxyl groups excluding tert-OH is 4. The Morgan fingerprint density at radius 2 is 1.23 bits per heavy atom. The van der Waals surface area contributed by atoms with Crippen molar-refractivity contribution in [2.45, 2.75) is 140 Å². The number of fused-ring (bicyclic) bond motifs is 10. The molecule has 8 aliphatic carbocycles. The first-order valence-corrected chi connectivity index (χ1v) is 22.7. The van der Waals surface area contributed by atoms with Crippen molar-refractivity contribution in [1.29, 1.82) is 0 Å². The minimum absolute atomic E-state index is 0.00220. The summed E-state index contributed by atoms with van der Waals surface area (Å²) in [6.45, 7) is 5.79. The van der Waals surface area contributed by atoms with E-state index < -0.39 is 106 Å². The van der Waals surface area contributed by atoms with Crippen LogP contribution in [0.4, 0.5) is 0 Å². The topological polar surface area (TPSA) is 225 Å². The Labute approximate surface area is 361 Å². The normalized spacial score (nSPS) is 48.1. The fourth-order valence-corrected chi connectivity index (χ4v) is 16.2. The third-order valence-electron chi connectivity index (χ3n) is 19.3. The lowest BCUT2D eigenvalue weighted by atomic mass is 9.42. The molecule has 6 saturated carbocycles. The summed E-state index contributed by atoms with van der Waals surface area (Å²) < 4.78 is 0. The Hall–Kier alpha value is -3.27. The summed E-state index contributed by atoms with van der Waals surface area (Å²) in [7, 11) is 0. The predicted octanol–water partition coefficient (Wildman–Crippen LogP) is 3.74. The molecule has 62 heavy (non-hydrogen) atoms. The van der Waals surface area contributed by atoms with Crippen molar-refractivity contribution in [2.24, 2.45) is 57.2 Å². The minimum Gasteiger partial charge on any atom is -0.393 e. The van der Waals surface area contributed by atoms with Crippen molar-refractivity contribution in [3.8, 4) is 0 Å². The largest absolute Gasteiger partial charge is 0.393 e. The predicted molar refractivity (Wildman–Crippen MR) is 221 cm³/mol. The van der Waals surface area contributed by atoms with Gasteiger partial charge in [-0.25, -0.2) is 9.78 Å². The molecule has 1 aromatic rings. The van der Waals surface area contributed by atoms with Crippen LogP contribution in [0.2, 0.25) is 0 Å². The monoisotopic (exact) mass is 858 g/mol. The highest BCUT2D eigenvalue weighted by Crippen LogP contribution is 2.71. The van der Waals surface area contributed by atoms with Crippen LogP contribution in [0.3, 0.4) is 0 Å². The van der Waals surface area contributed by atoms with E-state index >= 15 is 4.79 Å². The van der Waals surface area contributed by atoms with Crippen LogP contribution >= 0.6 is 0 Å². The molecule has 8 aliphatic rings. The van der Waals surface area contributed by atoms with Crippen molar-refractivity contribution < 1.29 is 64.4 Å². The molecule has 6 N–H and O–H groups in total. The van der Waals surface area contributed by atoms with Crippen LogP contribution in [0, 0.1) is 57.2 Å². The molecule has 6 fully saturated rings. The van der Waals surface area contributed by atoms with Gasteiger partial charge in [0, 0.05) is 39.6 Å². The first-order valence-electron chi connectivity index (χ1n) is 22.7. The fraction of sp³-hybridized carbons (Fsp3) is 0.694. The van der Waals surface area contributed by atoms with Gasteiger partial charge in [-0.1, -0.05) is 69.2 Å². The van der Waals surface area contributed by atoms with E-state index in [0.29, 0.717) is 44.1 Å². The van der Waals surface area contributed by atoms with Gasteiger partial charge in [0.25, 0.3) is 0 Å². The third-order valence-corrected chi connectivity index (χ3v) is 19.3. The average Bonchev–Trinajstić information content (AvgIpc) is 3.67. The summed E-state index contributed by atoms with van der Waals surface area (Å²) in [6.07, 6.45) is 2.58. The van der Waals surface area contributed by atoms with E-state index in [1.54, 1.807) is 49.4 Å². The van der Waals surface area contributed by atoms with Crippen molar-refractivity contribution in [3.05, 3.63) is 59.2 Å². The van der Waals surface area contributed by atoms with Crippen LogP contribution in [0.25, 0.3) is 0 Å². The molecule has 0 saturated heterocycles. The van der Waals surface area contributed by atoms with E-state index in [1.165, 1.54) is 0 Å². The Morgan fingerprint density at radius 1 is 0.710 bits per heavy atom. The summed E-state index contributed by atoms with van der Waals surface area (Å²) in [4.78, 5) is 83.1. The van der Waals surface area contributed by atoms with Crippen molar-refractivity contribution >= 4 is 28.9 Å². The summed E-state index contributed by atoms with van der Waals surface area (Å²) in [6, 6.07) is 8.48. The number of benzene rings is 1. The molecule has 1 aromatic carbocycles. The van der Waals surface area contributed by atoms with Gasteiger partial charge in [0.2, 0.25) is 0 Å². The zero-order chi connectivity index (χ0) is 44.6. The molecule has 13 heteroatoms. The van der Waals surface area contributed by atoms with Gasteiger partial charge in [0.1, 0.15) is 30.5 Å². The van der Waals surface area contributed by atoms with E-state index in [9.17, 15) is 49.8 Å². The number of rotatable bonds is 9. The Kier molecular flexibility index (Phi) is 10.4. The summed E-state index contributed by atoms with van der Waals surface area (Å²) in [5.41, 5.74) is -8.55. The van der Waals surface area contributed by atoms with Gasteiger partial charge >= 0.3 is 0 Å². The Morgan fingerprint density at radius 3 is 1.79 bits per heavy atom. The average molecular weight is 859 g/mol. The lowest BCUT2D eigenvalue weighted by Crippen LogP contribution is -2.69. The maximum atomic E-state index is 15.5. The molecule has 0 amide bonds. The maximum absolute atomic E-state index is 15.5. The molecule has 13 nitrogen and oxygen atoms in total. The molecule has 0 radical (unpaired) electrons. The van der Waals surface area contributed by atoms with E-state index in [0.717, 1.165) is 5.57 Å². The highest BCUT2D eigenvalue weighted by Gasteiger charge is 2.74. The number of hydrogen-bond acceptors (Lipinski definition) is 13. The highest BCUT2D eigenvalue weighted by atomic mass is 17.2. The molecule has 16 atom stereocenters. The Balaban J connectivity index is 1.13. The van der Waals surface area contributed by atoms with Gasteiger partial charge in [0.05, 0.1) is 18.6 Å². The van der Waals surface area contributed by atoms with Crippen molar-refractivity contribution in [1.82, 2.24) is 0 Å². The molecule has 0 aromatic heterocycles. The second-order valence-corrected chi connectivity index (χ2v) is 21.3. The summed E-state index contributed by atoms with van der Waals surface area (Å²) in [5.74, 6) is -4.67. The second-order valence-electron chi connectivity index (χ2n) is 21.3. The molecule has 9 rings (SSSR count). The molecular weight excluding hydrogens is 797 g/mol. The first kappa shape index (κ1) is 44.0. The van der Waals surface area contributed by atoms with E-state index in [2.05, 4.69) is 0 Å². The third kappa shape index (κ3) is 5.52. The SMILES string of the molecule is C[C@@]12C(=CC(=O)CC1(OOC1CC(=O)C=C3CC[C@@H]4[C@H]([C@@H](O)C[C@@]5(C)[C@H]4CC[C@]5(O)C(=O)CO)[C@]31C)C(=O)c1ccccc1)CC[C@@H]1[C@@H]2[C@@H](O)C[C@@]2(C)[C@H]1CC[C@]2(O)C(=O)CO. The number of carbonyl (C=O) groups excluding carboxylic acids is 5. The van der Waals surface area contributed by atoms with E-state index in [-0.39, 0.29) is 72.9 Å². The van der Waals surface area contributed by atoms with Crippen LogP contribution in [0.1, 0.15) is 115 Å². The van der Waals surface area contributed by atoms with Gasteiger partial charge in [-0.2, -0.15) is 0 Å². The zero-order valence-electron chi connectivity index (χ0n) is 36.2. The van der Waals surface area contributed by atoms with Crippen molar-refractivity contribution in [3.63, 3.8) is 0 Å². The smallest absolute Gasteiger partial charge is 0.199 e. The number of ketones is 5.